The molecular weight excluding hydrogens is 240 g/mol. The van der Waals surface area contributed by atoms with Crippen LogP contribution in [0, 0.1) is 11.3 Å². The van der Waals surface area contributed by atoms with E-state index in [-0.39, 0.29) is 17.6 Å². The Labute approximate surface area is 112 Å². The topological polar surface area (TPSA) is 62.1 Å². The van der Waals surface area contributed by atoms with Crippen molar-refractivity contribution in [3.05, 3.63) is 41.5 Å². The highest BCUT2D eigenvalue weighted by atomic mass is 16.5. The zero-order valence-electron chi connectivity index (χ0n) is 10.6. The lowest BCUT2D eigenvalue weighted by Crippen LogP contribution is -2.32. The van der Waals surface area contributed by atoms with E-state index in [9.17, 15) is 4.79 Å². The number of ether oxygens (including phenoxy) is 1. The Morgan fingerprint density at radius 1 is 1.47 bits per heavy atom. The lowest BCUT2D eigenvalue weighted by atomic mass is 10.1. The van der Waals surface area contributed by atoms with E-state index in [1.54, 1.807) is 6.08 Å². The molecule has 1 aromatic carbocycles. The highest BCUT2D eigenvalue weighted by Gasteiger charge is 2.17. The first-order chi connectivity index (χ1) is 9.29. The van der Waals surface area contributed by atoms with Gasteiger partial charge in [-0.25, -0.2) is 0 Å². The fourth-order valence-corrected chi connectivity index (χ4v) is 1.97. The maximum absolute atomic E-state index is 11.9. The SMILES string of the molecule is N#C/C(=C/c1ccccc1)C(=O)NCC1CCCO1. The van der Waals surface area contributed by atoms with Crippen molar-refractivity contribution in [1.82, 2.24) is 5.32 Å². The number of nitrogens with zero attached hydrogens (tertiary/aromatic N) is 1. The van der Waals surface area contributed by atoms with Gasteiger partial charge >= 0.3 is 0 Å². The third kappa shape index (κ3) is 3.94. The molecule has 1 heterocycles. The van der Waals surface area contributed by atoms with Crippen LogP contribution in [0.1, 0.15) is 18.4 Å². The van der Waals surface area contributed by atoms with E-state index >= 15 is 0 Å². The Morgan fingerprint density at radius 2 is 2.26 bits per heavy atom. The lowest BCUT2D eigenvalue weighted by molar-refractivity contribution is -0.117. The van der Waals surface area contributed by atoms with Crippen LogP contribution in [0.25, 0.3) is 6.08 Å². The quantitative estimate of drug-likeness (QED) is 0.661. The molecule has 1 aromatic rings. The van der Waals surface area contributed by atoms with Crippen LogP contribution < -0.4 is 5.32 Å². The van der Waals surface area contributed by atoms with Gasteiger partial charge in [0.05, 0.1) is 6.10 Å². The van der Waals surface area contributed by atoms with Crippen molar-refractivity contribution in [3.8, 4) is 6.07 Å². The minimum atomic E-state index is -0.346. The number of benzene rings is 1. The van der Waals surface area contributed by atoms with Crippen molar-refractivity contribution in [2.75, 3.05) is 13.2 Å². The van der Waals surface area contributed by atoms with Crippen molar-refractivity contribution in [2.24, 2.45) is 0 Å². The molecule has 4 nitrogen and oxygen atoms in total. The molecule has 0 aromatic heterocycles. The van der Waals surface area contributed by atoms with Crippen LogP contribution in [0.3, 0.4) is 0 Å². The number of carbonyl (C=O) groups excluding carboxylic acids is 1. The number of carbonyl (C=O) groups is 1. The molecule has 1 unspecified atom stereocenters. The molecule has 1 saturated heterocycles. The summed E-state index contributed by atoms with van der Waals surface area (Å²) in [6.07, 6.45) is 3.67. The third-order valence-electron chi connectivity index (χ3n) is 2.99. The number of nitriles is 1. The Balaban J connectivity index is 1.95. The van der Waals surface area contributed by atoms with Crippen LogP contribution in [-0.4, -0.2) is 25.2 Å². The second-order valence-electron chi connectivity index (χ2n) is 4.43. The Hall–Kier alpha value is -2.12. The van der Waals surface area contributed by atoms with E-state index in [2.05, 4.69) is 5.32 Å². The zero-order valence-corrected chi connectivity index (χ0v) is 10.6. The van der Waals surface area contributed by atoms with Gasteiger partial charge in [-0.2, -0.15) is 5.26 Å². The number of hydrogen-bond donors (Lipinski definition) is 1. The molecule has 0 saturated carbocycles. The fraction of sp³-hybridized carbons (Fsp3) is 0.333. The van der Waals surface area contributed by atoms with E-state index < -0.39 is 0 Å². The number of amides is 1. The van der Waals surface area contributed by atoms with Gasteiger partial charge in [0.25, 0.3) is 5.91 Å². The average molecular weight is 256 g/mol. The molecule has 0 aliphatic carbocycles. The molecule has 1 fully saturated rings. The van der Waals surface area contributed by atoms with Gasteiger partial charge in [-0.3, -0.25) is 4.79 Å². The molecule has 1 N–H and O–H groups in total. The van der Waals surface area contributed by atoms with Crippen molar-refractivity contribution < 1.29 is 9.53 Å². The third-order valence-corrected chi connectivity index (χ3v) is 2.99. The monoisotopic (exact) mass is 256 g/mol. The molecule has 98 valence electrons. The normalized spacial score (nSPS) is 18.9. The van der Waals surface area contributed by atoms with Gasteiger partial charge in [-0.05, 0) is 24.5 Å². The fourth-order valence-electron chi connectivity index (χ4n) is 1.97. The van der Waals surface area contributed by atoms with Gasteiger partial charge in [0.15, 0.2) is 0 Å². The maximum Gasteiger partial charge on any atom is 0.262 e. The van der Waals surface area contributed by atoms with E-state index in [1.165, 1.54) is 0 Å². The summed E-state index contributed by atoms with van der Waals surface area (Å²) in [5.74, 6) is -0.346. The summed E-state index contributed by atoms with van der Waals surface area (Å²) in [6, 6.07) is 11.3. The van der Waals surface area contributed by atoms with Gasteiger partial charge in [0, 0.05) is 13.2 Å². The molecule has 2 rings (SSSR count). The maximum atomic E-state index is 11.9. The molecule has 1 aliphatic rings. The summed E-state index contributed by atoms with van der Waals surface area (Å²) >= 11 is 0. The van der Waals surface area contributed by atoms with E-state index in [4.69, 9.17) is 10.00 Å². The summed E-state index contributed by atoms with van der Waals surface area (Å²) in [5.41, 5.74) is 0.954. The van der Waals surface area contributed by atoms with Gasteiger partial charge in [-0.1, -0.05) is 30.3 Å². The molecule has 1 atom stereocenters. The highest BCUT2D eigenvalue weighted by Crippen LogP contribution is 2.11. The molecule has 1 aliphatic heterocycles. The second kappa shape index (κ2) is 6.72. The lowest BCUT2D eigenvalue weighted by Gasteiger charge is -2.10. The van der Waals surface area contributed by atoms with Gasteiger partial charge in [-0.15, -0.1) is 0 Å². The summed E-state index contributed by atoms with van der Waals surface area (Å²) in [4.78, 5) is 11.9. The summed E-state index contributed by atoms with van der Waals surface area (Å²) < 4.78 is 5.42. The first-order valence-electron chi connectivity index (χ1n) is 6.36. The number of hydrogen-bond acceptors (Lipinski definition) is 3. The van der Waals surface area contributed by atoms with Crippen LogP contribution in [0.15, 0.2) is 35.9 Å². The molecule has 4 heteroatoms. The van der Waals surface area contributed by atoms with Crippen molar-refractivity contribution in [2.45, 2.75) is 18.9 Å². The summed E-state index contributed by atoms with van der Waals surface area (Å²) in [6.45, 7) is 1.22. The predicted molar refractivity (Wildman–Crippen MR) is 72.0 cm³/mol. The average Bonchev–Trinajstić information content (AvgIpc) is 2.96. The molecule has 0 spiro atoms. The molecule has 19 heavy (non-hydrogen) atoms. The van der Waals surface area contributed by atoms with Gasteiger partial charge < -0.3 is 10.1 Å². The van der Waals surface area contributed by atoms with E-state index in [0.29, 0.717) is 6.54 Å². The molecule has 0 radical (unpaired) electrons. The van der Waals surface area contributed by atoms with Crippen LogP contribution in [0.5, 0.6) is 0 Å². The van der Waals surface area contributed by atoms with Gasteiger partial charge in [0.1, 0.15) is 11.6 Å². The first-order valence-corrected chi connectivity index (χ1v) is 6.36. The summed E-state index contributed by atoms with van der Waals surface area (Å²) in [7, 11) is 0. The summed E-state index contributed by atoms with van der Waals surface area (Å²) in [5, 5.41) is 11.8. The van der Waals surface area contributed by atoms with Gasteiger partial charge in [0.2, 0.25) is 0 Å². The Bertz CT molecular complexity index is 497. The van der Waals surface area contributed by atoms with Crippen LogP contribution in [0.4, 0.5) is 0 Å². The van der Waals surface area contributed by atoms with Crippen LogP contribution in [-0.2, 0) is 9.53 Å². The molecule has 1 amide bonds. The zero-order chi connectivity index (χ0) is 13.5. The second-order valence-corrected chi connectivity index (χ2v) is 4.43. The first kappa shape index (κ1) is 13.3. The van der Waals surface area contributed by atoms with Crippen molar-refractivity contribution in [1.29, 1.82) is 5.26 Å². The number of nitrogens with one attached hydrogen (secondary N) is 1. The number of rotatable bonds is 4. The minimum absolute atomic E-state index is 0.0839. The van der Waals surface area contributed by atoms with Crippen molar-refractivity contribution >= 4 is 12.0 Å². The Morgan fingerprint density at radius 3 is 2.89 bits per heavy atom. The highest BCUT2D eigenvalue weighted by molar-refractivity contribution is 6.01. The molecule has 0 bridgehead atoms. The smallest absolute Gasteiger partial charge is 0.262 e. The minimum Gasteiger partial charge on any atom is -0.376 e. The van der Waals surface area contributed by atoms with Crippen LogP contribution in [0.2, 0.25) is 0 Å². The standard InChI is InChI=1S/C15H16N2O2/c16-10-13(9-12-5-2-1-3-6-12)15(18)17-11-14-7-4-8-19-14/h1-3,5-6,9,14H,4,7-8,11H2,(H,17,18)/b13-9-. The largest absolute Gasteiger partial charge is 0.376 e. The van der Waals surface area contributed by atoms with Crippen molar-refractivity contribution in [3.63, 3.8) is 0 Å². The van der Waals surface area contributed by atoms with E-state index in [1.807, 2.05) is 36.4 Å². The molecular formula is C15H16N2O2. The Kier molecular flexibility index (Phi) is 4.71. The predicted octanol–water partition coefficient (Wildman–Crippen LogP) is 1.89. The van der Waals surface area contributed by atoms with Crippen LogP contribution >= 0.6 is 0 Å². The van der Waals surface area contributed by atoms with E-state index in [0.717, 1.165) is 25.0 Å².